The van der Waals surface area contributed by atoms with E-state index < -0.39 is 8.80 Å². The second-order valence-electron chi connectivity index (χ2n) is 4.69. The zero-order valence-electron chi connectivity index (χ0n) is 9.70. The van der Waals surface area contributed by atoms with Crippen LogP contribution in [0.5, 0.6) is 0 Å². The van der Waals surface area contributed by atoms with Crippen molar-refractivity contribution >= 4 is 14.0 Å². The van der Waals surface area contributed by atoms with Gasteiger partial charge in [-0.15, -0.1) is 0 Å². The summed E-state index contributed by atoms with van der Waals surface area (Å²) in [7, 11) is -0.736. The van der Waals surface area contributed by atoms with E-state index in [0.717, 1.165) is 0 Å². The highest BCUT2D eigenvalue weighted by Crippen LogP contribution is 2.36. The molecule has 16 heavy (non-hydrogen) atoms. The third kappa shape index (κ3) is 1.35. The van der Waals surface area contributed by atoms with Crippen LogP contribution in [0, 0.1) is 6.42 Å². The molecule has 79 valence electrons. The average molecular weight is 223 g/mol. The number of hydrogen-bond donors (Lipinski definition) is 0. The van der Waals surface area contributed by atoms with Crippen molar-refractivity contribution in [3.05, 3.63) is 60.0 Å². The molecule has 0 aromatic heterocycles. The van der Waals surface area contributed by atoms with Gasteiger partial charge in [-0.3, -0.25) is 0 Å². The molecule has 1 aliphatic rings. The molecule has 2 aromatic carbocycles. The maximum Gasteiger partial charge on any atom is 0.0651 e. The molecule has 0 aliphatic heterocycles. The van der Waals surface area contributed by atoms with Gasteiger partial charge in [0, 0.05) is 6.42 Å². The first-order chi connectivity index (χ1) is 7.77. The van der Waals surface area contributed by atoms with Crippen LogP contribution in [-0.4, -0.2) is 8.80 Å². The van der Waals surface area contributed by atoms with Crippen LogP contribution in [0.15, 0.2) is 42.5 Å². The first-order valence-electron chi connectivity index (χ1n) is 5.84. The molecule has 0 saturated heterocycles. The summed E-state index contributed by atoms with van der Waals surface area (Å²) in [6.07, 6.45) is 2.35. The molecule has 0 atom stereocenters. The molecule has 0 fully saturated rings. The molecular weight excluding hydrogens is 208 g/mol. The summed E-state index contributed by atoms with van der Waals surface area (Å²) in [6.45, 7) is 4.79. The second-order valence-corrected chi connectivity index (χ2v) is 7.63. The number of benzene rings is 2. The van der Waals surface area contributed by atoms with Crippen LogP contribution in [0.25, 0.3) is 11.1 Å². The summed E-state index contributed by atoms with van der Waals surface area (Å²) in [5, 5.41) is 1.59. The Hall–Kier alpha value is -1.34. The molecule has 3 rings (SSSR count). The first-order valence-corrected chi connectivity index (χ1v) is 8.73. The van der Waals surface area contributed by atoms with E-state index in [1.165, 1.54) is 22.3 Å². The van der Waals surface area contributed by atoms with Crippen LogP contribution in [0.3, 0.4) is 0 Å². The lowest BCUT2D eigenvalue weighted by atomic mass is 10.1. The van der Waals surface area contributed by atoms with Crippen LogP contribution in [0.1, 0.15) is 11.1 Å². The summed E-state index contributed by atoms with van der Waals surface area (Å²) >= 11 is 0. The van der Waals surface area contributed by atoms with Crippen LogP contribution in [0.2, 0.25) is 13.1 Å². The fourth-order valence-electron chi connectivity index (χ4n) is 2.51. The summed E-state index contributed by atoms with van der Waals surface area (Å²) in [5.74, 6) is 0. The van der Waals surface area contributed by atoms with E-state index in [4.69, 9.17) is 0 Å². The molecule has 0 unspecified atom stereocenters. The van der Waals surface area contributed by atoms with Gasteiger partial charge >= 0.3 is 0 Å². The molecule has 2 aromatic rings. The molecule has 0 spiro atoms. The van der Waals surface area contributed by atoms with Crippen LogP contribution in [-0.2, 0) is 0 Å². The Balaban J connectivity index is 2.24. The summed E-state index contributed by atoms with van der Waals surface area (Å²) in [6, 6.07) is 15.4. The largest absolute Gasteiger partial charge is 0.0682 e. The molecule has 0 bridgehead atoms. The van der Waals surface area contributed by atoms with Crippen LogP contribution in [0.4, 0.5) is 0 Å². The van der Waals surface area contributed by atoms with Crippen LogP contribution < -0.4 is 5.19 Å². The molecule has 1 heteroatoms. The van der Waals surface area contributed by atoms with Crippen LogP contribution >= 0.6 is 0 Å². The quantitative estimate of drug-likeness (QED) is 0.556. The van der Waals surface area contributed by atoms with Gasteiger partial charge in [0.2, 0.25) is 0 Å². The first kappa shape index (κ1) is 9.85. The van der Waals surface area contributed by atoms with Gasteiger partial charge < -0.3 is 0 Å². The normalized spacial score (nSPS) is 12.7. The van der Waals surface area contributed by atoms with Crippen molar-refractivity contribution in [1.29, 1.82) is 0 Å². The Morgan fingerprint density at radius 3 is 2.38 bits per heavy atom. The van der Waals surface area contributed by atoms with E-state index in [0.29, 0.717) is 0 Å². The van der Waals surface area contributed by atoms with Gasteiger partial charge in [0.1, 0.15) is 0 Å². The van der Waals surface area contributed by atoms with E-state index in [1.807, 2.05) is 0 Å². The summed E-state index contributed by atoms with van der Waals surface area (Å²) in [5.41, 5.74) is 5.67. The van der Waals surface area contributed by atoms with Crippen molar-refractivity contribution in [3.63, 3.8) is 0 Å². The standard InChI is InChI=1S/C15H15Si/c1-16(2)15-9-5-8-13-12-7-4-3-6-11(12)10-14(13)15/h3-10,16H,1-2H3. The third-order valence-corrected chi connectivity index (χ3v) is 5.06. The van der Waals surface area contributed by atoms with E-state index in [2.05, 4.69) is 62.0 Å². The lowest BCUT2D eigenvalue weighted by Gasteiger charge is -2.10. The fourth-order valence-corrected chi connectivity index (χ4v) is 3.86. The maximum absolute atomic E-state index is 2.40. The summed E-state index contributed by atoms with van der Waals surface area (Å²) in [4.78, 5) is 0. The van der Waals surface area contributed by atoms with E-state index in [1.54, 1.807) is 5.19 Å². The van der Waals surface area contributed by atoms with Gasteiger partial charge in [-0.2, -0.15) is 0 Å². The predicted octanol–water partition coefficient (Wildman–Crippen LogP) is 2.96. The number of hydrogen-bond acceptors (Lipinski definition) is 0. The topological polar surface area (TPSA) is 0 Å². The van der Waals surface area contributed by atoms with Gasteiger partial charge in [0.25, 0.3) is 0 Å². The number of rotatable bonds is 1. The molecular formula is C15H15Si. The minimum absolute atomic E-state index is 0.736. The Kier molecular flexibility index (Phi) is 2.22. The minimum Gasteiger partial charge on any atom is -0.0682 e. The minimum atomic E-state index is -0.736. The van der Waals surface area contributed by atoms with Gasteiger partial charge in [0.05, 0.1) is 8.80 Å². The summed E-state index contributed by atoms with van der Waals surface area (Å²) < 4.78 is 0. The number of fused-ring (bicyclic) bond motifs is 3. The zero-order valence-corrected chi connectivity index (χ0v) is 10.9. The average Bonchev–Trinajstić information content (AvgIpc) is 2.67. The molecule has 1 radical (unpaired) electrons. The van der Waals surface area contributed by atoms with Crippen molar-refractivity contribution in [3.8, 4) is 11.1 Å². The molecule has 0 heterocycles. The molecule has 0 nitrogen and oxygen atoms in total. The predicted molar refractivity (Wildman–Crippen MR) is 72.9 cm³/mol. The molecule has 0 N–H and O–H groups in total. The van der Waals surface area contributed by atoms with Crippen molar-refractivity contribution in [1.82, 2.24) is 0 Å². The molecule has 1 aliphatic carbocycles. The van der Waals surface area contributed by atoms with Gasteiger partial charge in [-0.25, -0.2) is 0 Å². The van der Waals surface area contributed by atoms with Gasteiger partial charge in [-0.1, -0.05) is 60.7 Å². The highest BCUT2D eigenvalue weighted by molar-refractivity contribution is 6.71. The van der Waals surface area contributed by atoms with E-state index >= 15 is 0 Å². The third-order valence-electron chi connectivity index (χ3n) is 3.31. The van der Waals surface area contributed by atoms with Gasteiger partial charge in [-0.05, 0) is 22.3 Å². The SMILES string of the molecule is C[SiH](C)c1cccc2c1[CH]c1ccccc1-2. The molecule has 0 saturated carbocycles. The maximum atomic E-state index is 2.40. The zero-order chi connectivity index (χ0) is 11.1. The van der Waals surface area contributed by atoms with Crippen molar-refractivity contribution in [2.45, 2.75) is 13.1 Å². The van der Waals surface area contributed by atoms with Crippen molar-refractivity contribution in [2.75, 3.05) is 0 Å². The Morgan fingerprint density at radius 1 is 0.812 bits per heavy atom. The monoisotopic (exact) mass is 223 g/mol. The Morgan fingerprint density at radius 2 is 1.56 bits per heavy atom. The van der Waals surface area contributed by atoms with Crippen molar-refractivity contribution in [2.24, 2.45) is 0 Å². The lowest BCUT2D eigenvalue weighted by Crippen LogP contribution is -2.25. The highest BCUT2D eigenvalue weighted by atomic mass is 28.3. The Labute approximate surface area is 98.6 Å². The Bertz CT molecular complexity index is 541. The van der Waals surface area contributed by atoms with E-state index in [9.17, 15) is 0 Å². The van der Waals surface area contributed by atoms with E-state index in [-0.39, 0.29) is 0 Å². The highest BCUT2D eigenvalue weighted by Gasteiger charge is 2.21. The fraction of sp³-hybridized carbons (Fsp3) is 0.133. The van der Waals surface area contributed by atoms with Gasteiger partial charge in [0.15, 0.2) is 0 Å². The lowest BCUT2D eigenvalue weighted by molar-refractivity contribution is 1.56. The second kappa shape index (κ2) is 3.60. The van der Waals surface area contributed by atoms with Crippen molar-refractivity contribution < 1.29 is 0 Å². The smallest absolute Gasteiger partial charge is 0.0651 e. The molecule has 0 amide bonds.